The summed E-state index contributed by atoms with van der Waals surface area (Å²) in [5.41, 5.74) is 2.70. The number of halogens is 3. The molecule has 29 heavy (non-hydrogen) atoms. The standard InChI is InChI=1S/C22H11BrF2N2O2/c23-14-11-17-16(10-13(14)12-4-1-5-15(24)20(12)25)26-21(18-6-2-8-28-18)22(27-17)19-7-3-9-29-19/h1-11H. The zero-order valence-electron chi connectivity index (χ0n) is 14.7. The lowest BCUT2D eigenvalue weighted by molar-refractivity contribution is 0.511. The van der Waals surface area contributed by atoms with Crippen LogP contribution in [-0.4, -0.2) is 9.97 Å². The zero-order valence-corrected chi connectivity index (χ0v) is 16.3. The molecule has 142 valence electrons. The highest BCUT2D eigenvalue weighted by Crippen LogP contribution is 2.37. The topological polar surface area (TPSA) is 52.1 Å². The average Bonchev–Trinajstić information content (AvgIpc) is 3.43. The van der Waals surface area contributed by atoms with Crippen LogP contribution in [0.2, 0.25) is 0 Å². The van der Waals surface area contributed by atoms with Gasteiger partial charge in [0.05, 0.1) is 23.6 Å². The van der Waals surface area contributed by atoms with Crippen molar-refractivity contribution in [3.63, 3.8) is 0 Å². The molecule has 0 saturated heterocycles. The van der Waals surface area contributed by atoms with Crippen LogP contribution in [0.4, 0.5) is 8.78 Å². The summed E-state index contributed by atoms with van der Waals surface area (Å²) < 4.78 is 39.7. The summed E-state index contributed by atoms with van der Waals surface area (Å²) in [6.07, 6.45) is 3.10. The Morgan fingerprint density at radius 3 is 1.93 bits per heavy atom. The molecule has 0 aliphatic carbocycles. The normalized spacial score (nSPS) is 11.3. The van der Waals surface area contributed by atoms with E-state index in [1.807, 2.05) is 0 Å². The number of aromatic nitrogens is 2. The summed E-state index contributed by atoms with van der Waals surface area (Å²) in [7, 11) is 0. The first kappa shape index (κ1) is 17.8. The monoisotopic (exact) mass is 452 g/mol. The third-order valence-electron chi connectivity index (χ3n) is 4.50. The van der Waals surface area contributed by atoms with E-state index in [0.717, 1.165) is 6.07 Å². The second-order valence-electron chi connectivity index (χ2n) is 6.30. The van der Waals surface area contributed by atoms with E-state index in [1.54, 1.807) is 48.9 Å². The van der Waals surface area contributed by atoms with Gasteiger partial charge in [-0.25, -0.2) is 18.7 Å². The number of fused-ring (bicyclic) bond motifs is 1. The van der Waals surface area contributed by atoms with Gasteiger partial charge in [0.1, 0.15) is 11.4 Å². The number of nitrogens with zero attached hydrogens (tertiary/aromatic N) is 2. The fourth-order valence-corrected chi connectivity index (χ4v) is 3.71. The van der Waals surface area contributed by atoms with E-state index in [0.29, 0.717) is 44.0 Å². The van der Waals surface area contributed by atoms with Gasteiger partial charge in [-0.3, -0.25) is 0 Å². The van der Waals surface area contributed by atoms with Crippen LogP contribution in [0.25, 0.3) is 45.1 Å². The van der Waals surface area contributed by atoms with Gasteiger partial charge in [0, 0.05) is 15.6 Å². The Bertz CT molecular complexity index is 1330. The molecule has 5 aromatic rings. The van der Waals surface area contributed by atoms with Crippen LogP contribution in [0.1, 0.15) is 0 Å². The Morgan fingerprint density at radius 2 is 1.34 bits per heavy atom. The summed E-state index contributed by atoms with van der Waals surface area (Å²) in [6, 6.07) is 14.5. The van der Waals surface area contributed by atoms with Gasteiger partial charge in [-0.1, -0.05) is 28.1 Å². The number of hydrogen-bond donors (Lipinski definition) is 0. The zero-order chi connectivity index (χ0) is 20.0. The predicted molar refractivity (Wildman–Crippen MR) is 108 cm³/mol. The second-order valence-corrected chi connectivity index (χ2v) is 7.15. The third-order valence-corrected chi connectivity index (χ3v) is 5.16. The lowest BCUT2D eigenvalue weighted by Gasteiger charge is -2.11. The Hall–Kier alpha value is -3.32. The van der Waals surface area contributed by atoms with E-state index in [2.05, 4.69) is 15.9 Å². The maximum Gasteiger partial charge on any atom is 0.166 e. The van der Waals surface area contributed by atoms with Crippen LogP contribution in [0.5, 0.6) is 0 Å². The fraction of sp³-hybridized carbons (Fsp3) is 0. The average molecular weight is 453 g/mol. The molecule has 0 N–H and O–H groups in total. The van der Waals surface area contributed by atoms with E-state index in [-0.39, 0.29) is 5.56 Å². The third kappa shape index (κ3) is 3.03. The van der Waals surface area contributed by atoms with Crippen molar-refractivity contribution >= 4 is 27.0 Å². The molecule has 0 radical (unpaired) electrons. The molecule has 2 aromatic carbocycles. The summed E-state index contributed by atoms with van der Waals surface area (Å²) in [5.74, 6) is -0.765. The minimum atomic E-state index is -0.918. The van der Waals surface area contributed by atoms with E-state index in [9.17, 15) is 8.78 Å². The molecule has 0 saturated carbocycles. The Kier molecular flexibility index (Phi) is 4.24. The van der Waals surface area contributed by atoms with Gasteiger partial charge in [0.15, 0.2) is 23.2 Å². The fourth-order valence-electron chi connectivity index (χ4n) is 3.17. The summed E-state index contributed by atoms with van der Waals surface area (Å²) in [4.78, 5) is 9.39. The first-order valence-electron chi connectivity index (χ1n) is 8.65. The molecular formula is C22H11BrF2N2O2. The summed E-state index contributed by atoms with van der Waals surface area (Å²) in [6.45, 7) is 0. The van der Waals surface area contributed by atoms with Crippen molar-refractivity contribution in [2.45, 2.75) is 0 Å². The second kappa shape index (κ2) is 6.93. The van der Waals surface area contributed by atoms with Gasteiger partial charge >= 0.3 is 0 Å². The molecule has 0 spiro atoms. The molecule has 0 fully saturated rings. The molecule has 0 atom stereocenters. The molecule has 7 heteroatoms. The van der Waals surface area contributed by atoms with Gasteiger partial charge in [0.25, 0.3) is 0 Å². The lowest BCUT2D eigenvalue weighted by atomic mass is 10.0. The van der Waals surface area contributed by atoms with Crippen molar-refractivity contribution in [3.05, 3.63) is 83.2 Å². The molecule has 0 aliphatic rings. The quantitative estimate of drug-likeness (QED) is 0.300. The van der Waals surface area contributed by atoms with Gasteiger partial charge in [-0.2, -0.15) is 0 Å². The van der Waals surface area contributed by atoms with Crippen molar-refractivity contribution < 1.29 is 17.6 Å². The molecule has 5 rings (SSSR count). The van der Waals surface area contributed by atoms with E-state index in [1.165, 1.54) is 12.1 Å². The maximum absolute atomic E-state index is 14.4. The van der Waals surface area contributed by atoms with Gasteiger partial charge in [-0.05, 0) is 42.5 Å². The first-order chi connectivity index (χ1) is 14.1. The van der Waals surface area contributed by atoms with Crippen LogP contribution in [0, 0.1) is 11.6 Å². The molecule has 0 bridgehead atoms. The van der Waals surface area contributed by atoms with Crippen LogP contribution in [0.3, 0.4) is 0 Å². The van der Waals surface area contributed by atoms with Crippen molar-refractivity contribution in [1.82, 2.24) is 9.97 Å². The molecule has 0 aliphatic heterocycles. The van der Waals surface area contributed by atoms with Gasteiger partial charge in [0.2, 0.25) is 0 Å². The molecule has 4 nitrogen and oxygen atoms in total. The van der Waals surface area contributed by atoms with Gasteiger partial charge in [-0.15, -0.1) is 0 Å². The predicted octanol–water partition coefficient (Wildman–Crippen LogP) is 6.86. The van der Waals surface area contributed by atoms with Gasteiger partial charge < -0.3 is 8.83 Å². The highest BCUT2D eigenvalue weighted by molar-refractivity contribution is 9.10. The van der Waals surface area contributed by atoms with E-state index < -0.39 is 11.6 Å². The first-order valence-corrected chi connectivity index (χ1v) is 9.44. The SMILES string of the molecule is Fc1cccc(-c2cc3nc(-c4ccco4)c(-c4ccco4)nc3cc2Br)c1F. The van der Waals surface area contributed by atoms with Crippen molar-refractivity contribution in [1.29, 1.82) is 0 Å². The van der Waals surface area contributed by atoms with Crippen molar-refractivity contribution in [2.75, 3.05) is 0 Å². The largest absolute Gasteiger partial charge is 0.463 e. The minimum absolute atomic E-state index is 0.134. The summed E-state index contributed by atoms with van der Waals surface area (Å²) in [5, 5.41) is 0. The van der Waals surface area contributed by atoms with E-state index >= 15 is 0 Å². The lowest BCUT2D eigenvalue weighted by Crippen LogP contribution is -1.96. The smallest absolute Gasteiger partial charge is 0.166 e. The number of hydrogen-bond acceptors (Lipinski definition) is 4. The van der Waals surface area contributed by atoms with Crippen LogP contribution in [0.15, 0.2) is 80.4 Å². The molecule has 3 heterocycles. The van der Waals surface area contributed by atoms with Crippen LogP contribution < -0.4 is 0 Å². The Balaban J connectivity index is 1.78. The molecule has 3 aromatic heterocycles. The minimum Gasteiger partial charge on any atom is -0.463 e. The molecular weight excluding hydrogens is 442 g/mol. The number of benzene rings is 2. The number of furan rings is 2. The van der Waals surface area contributed by atoms with Crippen molar-refractivity contribution in [2.24, 2.45) is 0 Å². The highest BCUT2D eigenvalue weighted by atomic mass is 79.9. The Labute approximate surface area is 172 Å². The molecule has 0 unspecified atom stereocenters. The number of rotatable bonds is 3. The highest BCUT2D eigenvalue weighted by Gasteiger charge is 2.19. The van der Waals surface area contributed by atoms with Crippen LogP contribution in [-0.2, 0) is 0 Å². The van der Waals surface area contributed by atoms with E-state index in [4.69, 9.17) is 18.8 Å². The summed E-state index contributed by atoms with van der Waals surface area (Å²) >= 11 is 3.44. The van der Waals surface area contributed by atoms with Crippen molar-refractivity contribution in [3.8, 4) is 34.0 Å². The maximum atomic E-state index is 14.4. The van der Waals surface area contributed by atoms with Crippen LogP contribution >= 0.6 is 15.9 Å². The Morgan fingerprint density at radius 1 is 0.724 bits per heavy atom. The molecule has 0 amide bonds.